The van der Waals surface area contributed by atoms with Crippen LogP contribution in [0.15, 0.2) is 54.9 Å². The first kappa shape index (κ1) is 14.5. The number of nitrogens with one attached hydrogen (secondary N) is 3. The summed E-state index contributed by atoms with van der Waals surface area (Å²) >= 11 is 0. The first-order chi connectivity index (χ1) is 11.3. The van der Waals surface area contributed by atoms with Gasteiger partial charge in [0.1, 0.15) is 6.33 Å². The van der Waals surface area contributed by atoms with Gasteiger partial charge in [-0.1, -0.05) is 12.1 Å². The molecule has 0 aliphatic carbocycles. The van der Waals surface area contributed by atoms with Gasteiger partial charge in [0, 0.05) is 22.5 Å². The number of rotatable bonds is 5. The second-order valence-corrected chi connectivity index (χ2v) is 4.71. The van der Waals surface area contributed by atoms with Gasteiger partial charge in [-0.2, -0.15) is 5.10 Å². The van der Waals surface area contributed by atoms with E-state index < -0.39 is 0 Å². The molecule has 1 aromatic heterocycles. The summed E-state index contributed by atoms with van der Waals surface area (Å²) in [5, 5.41) is 11.9. The number of benzene rings is 2. The van der Waals surface area contributed by atoms with E-state index in [4.69, 9.17) is 0 Å². The van der Waals surface area contributed by atoms with E-state index in [0.29, 0.717) is 29.2 Å². The molecule has 0 radical (unpaired) electrons. The maximum absolute atomic E-state index is 12.2. The zero-order valence-corrected chi connectivity index (χ0v) is 12.0. The predicted octanol–water partition coefficient (Wildman–Crippen LogP) is 2.29. The van der Waals surface area contributed by atoms with Gasteiger partial charge in [-0.05, 0) is 36.4 Å². The Balaban J connectivity index is 1.75. The number of aromatic nitrogens is 3. The number of H-pyrrole nitrogens is 1. The van der Waals surface area contributed by atoms with Crippen LogP contribution in [0.4, 0.5) is 11.4 Å². The molecule has 0 saturated heterocycles. The Hall–Kier alpha value is -3.48. The Kier molecular flexibility index (Phi) is 4.10. The zero-order chi connectivity index (χ0) is 16.1. The molecule has 0 spiro atoms. The molecule has 7 heteroatoms. The van der Waals surface area contributed by atoms with Gasteiger partial charge in [0.05, 0.1) is 0 Å². The van der Waals surface area contributed by atoms with Crippen molar-refractivity contribution in [2.45, 2.75) is 0 Å². The Morgan fingerprint density at radius 3 is 2.61 bits per heavy atom. The molecule has 0 unspecified atom stereocenters. The van der Waals surface area contributed by atoms with Crippen molar-refractivity contribution in [1.29, 1.82) is 0 Å². The highest BCUT2D eigenvalue weighted by Crippen LogP contribution is 2.19. The third-order valence-corrected chi connectivity index (χ3v) is 3.18. The molecule has 0 saturated carbocycles. The molecule has 0 aliphatic heterocycles. The summed E-state index contributed by atoms with van der Waals surface area (Å²) in [6, 6.07) is 13.9. The maximum atomic E-state index is 12.2. The largest absolute Gasteiger partial charge is 0.329 e. The van der Waals surface area contributed by atoms with Crippen LogP contribution >= 0.6 is 0 Å². The summed E-state index contributed by atoms with van der Waals surface area (Å²) in [4.78, 5) is 26.7. The van der Waals surface area contributed by atoms with Crippen LogP contribution in [0.25, 0.3) is 11.4 Å². The number of amides is 2. The van der Waals surface area contributed by atoms with E-state index in [9.17, 15) is 9.59 Å². The molecule has 7 nitrogen and oxygen atoms in total. The number of carbonyl (C=O) groups is 2. The van der Waals surface area contributed by atoms with Crippen LogP contribution in [0.2, 0.25) is 0 Å². The highest BCUT2D eigenvalue weighted by molar-refractivity contribution is 6.04. The van der Waals surface area contributed by atoms with E-state index in [1.165, 1.54) is 6.33 Å². The lowest BCUT2D eigenvalue weighted by Gasteiger charge is -2.07. The maximum Gasteiger partial charge on any atom is 0.255 e. The molecule has 0 atom stereocenters. The average molecular weight is 307 g/mol. The van der Waals surface area contributed by atoms with Gasteiger partial charge in [-0.3, -0.25) is 14.7 Å². The van der Waals surface area contributed by atoms with Gasteiger partial charge < -0.3 is 10.6 Å². The summed E-state index contributed by atoms with van der Waals surface area (Å²) in [6.07, 6.45) is 2.01. The first-order valence-corrected chi connectivity index (χ1v) is 6.83. The molecule has 3 aromatic rings. The van der Waals surface area contributed by atoms with Gasteiger partial charge in [0.2, 0.25) is 6.41 Å². The third-order valence-electron chi connectivity index (χ3n) is 3.18. The monoisotopic (exact) mass is 307 g/mol. The standard InChI is InChI=1S/C16H13N5O2/c22-10-18-13-6-4-11(5-7-13)16(23)20-14-3-1-2-12(8-14)15-17-9-19-21-15/h1-10H,(H,18,22)(H,20,23)(H,17,19,21). The topological polar surface area (TPSA) is 99.8 Å². The summed E-state index contributed by atoms with van der Waals surface area (Å²) in [5.41, 5.74) is 2.60. The highest BCUT2D eigenvalue weighted by Gasteiger charge is 2.07. The molecule has 0 fully saturated rings. The summed E-state index contributed by atoms with van der Waals surface area (Å²) < 4.78 is 0. The number of anilines is 2. The van der Waals surface area contributed by atoms with E-state index in [1.54, 1.807) is 36.4 Å². The van der Waals surface area contributed by atoms with Gasteiger partial charge in [0.15, 0.2) is 5.82 Å². The fraction of sp³-hybridized carbons (Fsp3) is 0. The van der Waals surface area contributed by atoms with Crippen LogP contribution in [0.5, 0.6) is 0 Å². The minimum atomic E-state index is -0.239. The molecular weight excluding hydrogens is 294 g/mol. The third kappa shape index (κ3) is 3.41. The van der Waals surface area contributed by atoms with Crippen LogP contribution in [0, 0.1) is 0 Å². The highest BCUT2D eigenvalue weighted by atomic mass is 16.1. The smallest absolute Gasteiger partial charge is 0.255 e. The molecule has 0 bridgehead atoms. The molecule has 3 N–H and O–H groups in total. The molecular formula is C16H13N5O2. The van der Waals surface area contributed by atoms with Crippen molar-refractivity contribution in [3.63, 3.8) is 0 Å². The second kappa shape index (κ2) is 6.52. The molecule has 2 aromatic carbocycles. The van der Waals surface area contributed by atoms with Crippen LogP contribution < -0.4 is 10.6 Å². The van der Waals surface area contributed by atoms with Gasteiger partial charge in [-0.25, -0.2) is 4.98 Å². The lowest BCUT2D eigenvalue weighted by molar-refractivity contribution is -0.105. The van der Waals surface area contributed by atoms with E-state index in [2.05, 4.69) is 25.8 Å². The Labute approximate surface area is 131 Å². The van der Waals surface area contributed by atoms with Gasteiger partial charge >= 0.3 is 0 Å². The quantitative estimate of drug-likeness (QED) is 0.630. The Bertz CT molecular complexity index is 813. The number of hydrogen-bond donors (Lipinski definition) is 3. The lowest BCUT2D eigenvalue weighted by Crippen LogP contribution is -2.11. The molecule has 2 amide bonds. The van der Waals surface area contributed by atoms with Crippen molar-refractivity contribution in [3.8, 4) is 11.4 Å². The van der Waals surface area contributed by atoms with E-state index >= 15 is 0 Å². The molecule has 114 valence electrons. The van der Waals surface area contributed by atoms with Crippen molar-refractivity contribution in [3.05, 3.63) is 60.4 Å². The fourth-order valence-corrected chi connectivity index (χ4v) is 2.08. The number of nitrogens with zero attached hydrogens (tertiary/aromatic N) is 2. The molecule has 0 aliphatic rings. The minimum absolute atomic E-state index is 0.239. The van der Waals surface area contributed by atoms with Crippen LogP contribution in [-0.4, -0.2) is 27.5 Å². The van der Waals surface area contributed by atoms with Crippen LogP contribution in [0.3, 0.4) is 0 Å². The van der Waals surface area contributed by atoms with Crippen molar-refractivity contribution in [2.24, 2.45) is 0 Å². The zero-order valence-electron chi connectivity index (χ0n) is 12.0. The Morgan fingerprint density at radius 2 is 1.91 bits per heavy atom. The van der Waals surface area contributed by atoms with Crippen molar-refractivity contribution >= 4 is 23.7 Å². The summed E-state index contributed by atoms with van der Waals surface area (Å²) in [7, 11) is 0. The summed E-state index contributed by atoms with van der Waals surface area (Å²) in [6.45, 7) is 0. The van der Waals surface area contributed by atoms with Crippen molar-refractivity contribution in [1.82, 2.24) is 15.2 Å². The molecule has 1 heterocycles. The van der Waals surface area contributed by atoms with Gasteiger partial charge in [-0.15, -0.1) is 0 Å². The lowest BCUT2D eigenvalue weighted by atomic mass is 10.1. The van der Waals surface area contributed by atoms with Crippen LogP contribution in [-0.2, 0) is 4.79 Å². The average Bonchev–Trinajstić information content (AvgIpc) is 3.11. The number of carbonyl (C=O) groups excluding carboxylic acids is 2. The van der Waals surface area contributed by atoms with E-state index in [1.807, 2.05) is 12.1 Å². The second-order valence-electron chi connectivity index (χ2n) is 4.71. The fourth-order valence-electron chi connectivity index (χ4n) is 2.08. The Morgan fingerprint density at radius 1 is 1.09 bits per heavy atom. The normalized spacial score (nSPS) is 10.1. The van der Waals surface area contributed by atoms with Gasteiger partial charge in [0.25, 0.3) is 5.91 Å². The summed E-state index contributed by atoms with van der Waals surface area (Å²) in [5.74, 6) is 0.391. The van der Waals surface area contributed by atoms with E-state index in [-0.39, 0.29) is 5.91 Å². The van der Waals surface area contributed by atoms with Crippen LogP contribution in [0.1, 0.15) is 10.4 Å². The number of aromatic amines is 1. The van der Waals surface area contributed by atoms with Crippen molar-refractivity contribution < 1.29 is 9.59 Å². The first-order valence-electron chi connectivity index (χ1n) is 6.83. The molecule has 23 heavy (non-hydrogen) atoms. The molecule has 3 rings (SSSR count). The van der Waals surface area contributed by atoms with E-state index in [0.717, 1.165) is 5.56 Å². The van der Waals surface area contributed by atoms with Crippen molar-refractivity contribution in [2.75, 3.05) is 10.6 Å². The minimum Gasteiger partial charge on any atom is -0.329 e. The predicted molar refractivity (Wildman–Crippen MR) is 85.9 cm³/mol. The number of hydrogen-bond acceptors (Lipinski definition) is 4. The SMILES string of the molecule is O=CNc1ccc(C(=O)Nc2cccc(-c3ncn[nH]3)c2)cc1.